The standard InChI is InChI=1S/C18H16FNO4S/c1-11(21)4-3-5-17-20-15(10-25-17)13(9-18(22)23)12-6-7-16(24-2)14(19)8-12/h6-11,21H,4H2,1-2H3,(H,22,23)/b13-9+. The molecule has 1 heterocycles. The summed E-state index contributed by atoms with van der Waals surface area (Å²) >= 11 is 1.24. The predicted molar refractivity (Wildman–Crippen MR) is 93.0 cm³/mol. The third-order valence-electron chi connectivity index (χ3n) is 3.10. The van der Waals surface area contributed by atoms with E-state index in [-0.39, 0.29) is 11.3 Å². The second-order valence-electron chi connectivity index (χ2n) is 5.14. The molecule has 7 heteroatoms. The molecular formula is C18H16FNO4S. The van der Waals surface area contributed by atoms with E-state index in [0.717, 1.165) is 6.08 Å². The van der Waals surface area contributed by atoms with Crippen LogP contribution in [0.2, 0.25) is 0 Å². The minimum Gasteiger partial charge on any atom is -0.494 e. The average molecular weight is 361 g/mol. The Morgan fingerprint density at radius 1 is 1.52 bits per heavy atom. The molecule has 0 spiro atoms. The van der Waals surface area contributed by atoms with Gasteiger partial charge in [0.15, 0.2) is 16.6 Å². The molecule has 0 bridgehead atoms. The van der Waals surface area contributed by atoms with E-state index in [9.17, 15) is 14.3 Å². The molecule has 0 saturated carbocycles. The first-order chi connectivity index (χ1) is 11.9. The summed E-state index contributed by atoms with van der Waals surface area (Å²) in [7, 11) is 1.35. The first-order valence-corrected chi connectivity index (χ1v) is 8.20. The number of benzene rings is 1. The van der Waals surface area contributed by atoms with Crippen molar-refractivity contribution < 1.29 is 24.1 Å². The highest BCUT2D eigenvalue weighted by Gasteiger charge is 2.14. The molecule has 1 aromatic carbocycles. The molecule has 1 aromatic heterocycles. The van der Waals surface area contributed by atoms with Gasteiger partial charge in [0.05, 0.1) is 18.9 Å². The lowest BCUT2D eigenvalue weighted by Crippen LogP contribution is -1.97. The molecule has 0 amide bonds. The van der Waals surface area contributed by atoms with Crippen molar-refractivity contribution in [3.63, 3.8) is 0 Å². The maximum atomic E-state index is 13.9. The third kappa shape index (κ3) is 5.14. The predicted octanol–water partition coefficient (Wildman–Crippen LogP) is 2.93. The van der Waals surface area contributed by atoms with Crippen molar-refractivity contribution in [3.05, 3.63) is 51.7 Å². The molecule has 2 aromatic rings. The van der Waals surface area contributed by atoms with Gasteiger partial charge in [-0.15, -0.1) is 11.3 Å². The zero-order chi connectivity index (χ0) is 18.4. The van der Waals surface area contributed by atoms with Gasteiger partial charge in [0, 0.05) is 23.5 Å². The van der Waals surface area contributed by atoms with E-state index < -0.39 is 17.9 Å². The number of aliphatic hydroxyl groups excluding tert-OH is 1. The molecule has 0 fully saturated rings. The lowest BCUT2D eigenvalue weighted by Gasteiger charge is -2.07. The first-order valence-electron chi connectivity index (χ1n) is 7.32. The number of ether oxygens (including phenoxy) is 1. The monoisotopic (exact) mass is 361 g/mol. The Balaban J connectivity index is 2.39. The minimum absolute atomic E-state index is 0.0707. The van der Waals surface area contributed by atoms with E-state index in [1.54, 1.807) is 18.4 Å². The van der Waals surface area contributed by atoms with Crippen molar-refractivity contribution in [2.24, 2.45) is 0 Å². The number of aliphatic carboxylic acids is 1. The summed E-state index contributed by atoms with van der Waals surface area (Å²) < 4.78 is 18.8. The summed E-state index contributed by atoms with van der Waals surface area (Å²) in [4.78, 5) is 15.4. The molecule has 25 heavy (non-hydrogen) atoms. The number of nitrogens with zero attached hydrogens (tertiary/aromatic N) is 1. The fourth-order valence-electron chi connectivity index (χ4n) is 1.99. The van der Waals surface area contributed by atoms with E-state index in [0.29, 0.717) is 22.7 Å². The van der Waals surface area contributed by atoms with Gasteiger partial charge in [0.1, 0.15) is 0 Å². The maximum Gasteiger partial charge on any atom is 0.329 e. The number of aromatic nitrogens is 1. The van der Waals surface area contributed by atoms with Crippen molar-refractivity contribution in [3.8, 4) is 17.6 Å². The van der Waals surface area contributed by atoms with Crippen LogP contribution in [0.4, 0.5) is 4.39 Å². The largest absolute Gasteiger partial charge is 0.494 e. The van der Waals surface area contributed by atoms with Gasteiger partial charge in [0.25, 0.3) is 0 Å². The van der Waals surface area contributed by atoms with E-state index in [4.69, 9.17) is 9.84 Å². The Bertz CT molecular complexity index is 861. The Hall–Kier alpha value is -2.69. The molecule has 130 valence electrons. The van der Waals surface area contributed by atoms with Crippen molar-refractivity contribution in [1.82, 2.24) is 4.98 Å². The average Bonchev–Trinajstić information content (AvgIpc) is 3.00. The number of carboxylic acid groups (broad SMARTS) is 1. The Labute approximate surface area is 148 Å². The van der Waals surface area contributed by atoms with Crippen LogP contribution in [0.15, 0.2) is 29.7 Å². The van der Waals surface area contributed by atoms with Gasteiger partial charge in [-0.25, -0.2) is 14.2 Å². The Morgan fingerprint density at radius 3 is 2.88 bits per heavy atom. The first kappa shape index (κ1) is 18.6. The van der Waals surface area contributed by atoms with Gasteiger partial charge in [-0.3, -0.25) is 0 Å². The number of halogens is 1. The van der Waals surface area contributed by atoms with Crippen LogP contribution in [0, 0.1) is 17.7 Å². The minimum atomic E-state index is -1.17. The van der Waals surface area contributed by atoms with E-state index in [2.05, 4.69) is 16.8 Å². The summed E-state index contributed by atoms with van der Waals surface area (Å²) in [5.41, 5.74) is 1.03. The molecule has 2 N–H and O–H groups in total. The van der Waals surface area contributed by atoms with Gasteiger partial charge >= 0.3 is 5.97 Å². The Kier molecular flexibility index (Phi) is 6.28. The van der Waals surface area contributed by atoms with Crippen molar-refractivity contribution in [2.75, 3.05) is 7.11 Å². The zero-order valence-electron chi connectivity index (χ0n) is 13.6. The van der Waals surface area contributed by atoms with Crippen LogP contribution in [0.3, 0.4) is 0 Å². The van der Waals surface area contributed by atoms with Gasteiger partial charge < -0.3 is 14.9 Å². The third-order valence-corrected chi connectivity index (χ3v) is 3.86. The molecule has 0 aliphatic rings. The van der Waals surface area contributed by atoms with Crippen LogP contribution in [0.1, 0.15) is 29.6 Å². The second-order valence-corrected chi connectivity index (χ2v) is 6.00. The highest BCUT2D eigenvalue weighted by Crippen LogP contribution is 2.28. The van der Waals surface area contributed by atoms with Crippen LogP contribution in [0.25, 0.3) is 5.57 Å². The smallest absolute Gasteiger partial charge is 0.329 e. The number of carbonyl (C=O) groups is 1. The molecule has 2 rings (SSSR count). The summed E-state index contributed by atoms with van der Waals surface area (Å²) in [6.45, 7) is 1.63. The quantitative estimate of drug-likeness (QED) is 0.632. The van der Waals surface area contributed by atoms with Crippen LogP contribution >= 0.6 is 11.3 Å². The number of thiazole rings is 1. The van der Waals surface area contributed by atoms with E-state index in [1.807, 2.05) is 0 Å². The van der Waals surface area contributed by atoms with Gasteiger partial charge in [-0.1, -0.05) is 12.0 Å². The highest BCUT2D eigenvalue weighted by molar-refractivity contribution is 7.10. The van der Waals surface area contributed by atoms with Crippen LogP contribution in [-0.4, -0.2) is 34.4 Å². The maximum absolute atomic E-state index is 13.9. The molecular weight excluding hydrogens is 345 g/mol. The van der Waals surface area contributed by atoms with Gasteiger partial charge in [-0.05, 0) is 30.5 Å². The fraction of sp³-hybridized carbons (Fsp3) is 0.222. The molecule has 0 aliphatic heterocycles. The summed E-state index contributed by atoms with van der Waals surface area (Å²) in [5, 5.41) is 20.5. The normalized spacial score (nSPS) is 12.2. The molecule has 1 atom stereocenters. The number of aliphatic hydroxyl groups is 1. The number of carboxylic acids is 1. The SMILES string of the molecule is COc1ccc(/C(=C\C(=O)O)c2csc(C#CCC(C)O)n2)cc1F. The van der Waals surface area contributed by atoms with Crippen molar-refractivity contribution in [2.45, 2.75) is 19.4 Å². The summed E-state index contributed by atoms with van der Waals surface area (Å²) in [6.07, 6.45) is 0.761. The zero-order valence-corrected chi connectivity index (χ0v) is 14.4. The summed E-state index contributed by atoms with van der Waals surface area (Å²) in [5.74, 6) is 3.92. The van der Waals surface area contributed by atoms with Crippen LogP contribution in [0.5, 0.6) is 5.75 Å². The van der Waals surface area contributed by atoms with Crippen molar-refractivity contribution in [1.29, 1.82) is 0 Å². The van der Waals surface area contributed by atoms with Crippen LogP contribution in [-0.2, 0) is 4.79 Å². The lowest BCUT2D eigenvalue weighted by atomic mass is 10.0. The number of rotatable bonds is 5. The van der Waals surface area contributed by atoms with Gasteiger partial charge in [-0.2, -0.15) is 0 Å². The highest BCUT2D eigenvalue weighted by atomic mass is 32.1. The fourth-order valence-corrected chi connectivity index (χ4v) is 2.68. The van der Waals surface area contributed by atoms with E-state index >= 15 is 0 Å². The molecule has 1 unspecified atom stereocenters. The van der Waals surface area contributed by atoms with Crippen LogP contribution < -0.4 is 4.74 Å². The molecule has 0 radical (unpaired) electrons. The molecule has 0 saturated heterocycles. The second kappa shape index (κ2) is 8.42. The summed E-state index contributed by atoms with van der Waals surface area (Å²) in [6, 6.07) is 4.19. The van der Waals surface area contributed by atoms with E-state index in [1.165, 1.54) is 30.6 Å². The molecule has 0 aliphatic carbocycles. The van der Waals surface area contributed by atoms with Crippen molar-refractivity contribution >= 4 is 22.9 Å². The Morgan fingerprint density at radius 2 is 2.28 bits per heavy atom. The topological polar surface area (TPSA) is 79.7 Å². The van der Waals surface area contributed by atoms with Gasteiger partial charge in [0.2, 0.25) is 0 Å². The molecule has 5 nitrogen and oxygen atoms in total. The number of methoxy groups -OCH3 is 1. The number of hydrogen-bond donors (Lipinski definition) is 2. The lowest BCUT2D eigenvalue weighted by molar-refractivity contribution is -0.131. The number of hydrogen-bond acceptors (Lipinski definition) is 5.